The lowest BCUT2D eigenvalue weighted by atomic mass is 10.1. The van der Waals surface area contributed by atoms with Crippen molar-refractivity contribution in [2.75, 3.05) is 26.3 Å². The van der Waals surface area contributed by atoms with Crippen LogP contribution in [0, 0.1) is 19.7 Å². The summed E-state index contributed by atoms with van der Waals surface area (Å²) in [5, 5.41) is 6.43. The third-order valence-electron chi connectivity index (χ3n) is 5.73. The minimum atomic E-state index is -0.330. The fourth-order valence-corrected chi connectivity index (χ4v) is 4.97. The number of fused-ring (bicyclic) bond motifs is 1. The van der Waals surface area contributed by atoms with E-state index in [1.54, 1.807) is 28.6 Å². The maximum atomic E-state index is 13.6. The number of rotatable bonds is 4. The van der Waals surface area contributed by atoms with E-state index in [1.165, 1.54) is 27.9 Å². The molecule has 0 radical (unpaired) electrons. The SMILES string of the molecule is Cc1nc2scc(CC(=O)N3CCOCC3)n2c(=O)c1-c1cc(C)n(-c2ccc(F)cc2)n1. The van der Waals surface area contributed by atoms with Gasteiger partial charge in [-0.15, -0.1) is 11.3 Å². The second kappa shape index (κ2) is 8.53. The molecule has 0 bridgehead atoms. The first-order chi connectivity index (χ1) is 15.9. The number of nitrogens with zero attached hydrogens (tertiary/aromatic N) is 5. The van der Waals surface area contributed by atoms with E-state index in [4.69, 9.17) is 4.74 Å². The molecule has 33 heavy (non-hydrogen) atoms. The first-order valence-electron chi connectivity index (χ1n) is 10.6. The molecule has 0 atom stereocenters. The monoisotopic (exact) mass is 467 g/mol. The van der Waals surface area contributed by atoms with E-state index in [0.717, 1.165) is 5.69 Å². The average molecular weight is 468 g/mol. The Morgan fingerprint density at radius 2 is 1.91 bits per heavy atom. The molecule has 8 nitrogen and oxygen atoms in total. The topological polar surface area (TPSA) is 81.7 Å². The molecular formula is C23H22FN5O3S. The van der Waals surface area contributed by atoms with Crippen LogP contribution >= 0.6 is 11.3 Å². The van der Waals surface area contributed by atoms with Gasteiger partial charge in [-0.25, -0.2) is 14.1 Å². The maximum absolute atomic E-state index is 13.6. The lowest BCUT2D eigenvalue weighted by Crippen LogP contribution is -2.41. The smallest absolute Gasteiger partial charge is 0.268 e. The van der Waals surface area contributed by atoms with Crippen LogP contribution < -0.4 is 5.56 Å². The molecule has 3 aromatic heterocycles. The van der Waals surface area contributed by atoms with Crippen molar-refractivity contribution in [3.8, 4) is 16.9 Å². The van der Waals surface area contributed by atoms with Crippen molar-refractivity contribution in [2.45, 2.75) is 20.3 Å². The van der Waals surface area contributed by atoms with Crippen molar-refractivity contribution in [3.63, 3.8) is 0 Å². The molecule has 1 amide bonds. The average Bonchev–Trinajstić information content (AvgIpc) is 3.38. The first-order valence-corrected chi connectivity index (χ1v) is 11.5. The largest absolute Gasteiger partial charge is 0.378 e. The first kappa shape index (κ1) is 21.5. The molecular weight excluding hydrogens is 445 g/mol. The van der Waals surface area contributed by atoms with Crippen LogP contribution in [0.4, 0.5) is 4.39 Å². The Balaban J connectivity index is 1.55. The summed E-state index contributed by atoms with van der Waals surface area (Å²) in [7, 11) is 0. The third kappa shape index (κ3) is 3.96. The molecule has 4 heterocycles. The highest BCUT2D eigenvalue weighted by atomic mass is 32.1. The molecule has 1 saturated heterocycles. The van der Waals surface area contributed by atoms with Crippen LogP contribution in [0.3, 0.4) is 0 Å². The highest BCUT2D eigenvalue weighted by Crippen LogP contribution is 2.24. The molecule has 0 spiro atoms. The molecule has 5 rings (SSSR count). The number of carbonyl (C=O) groups is 1. The molecule has 1 aromatic carbocycles. The molecule has 0 saturated carbocycles. The van der Waals surface area contributed by atoms with E-state index in [2.05, 4.69) is 10.1 Å². The minimum absolute atomic E-state index is 0.0385. The molecule has 1 aliphatic heterocycles. The van der Waals surface area contributed by atoms with Crippen LogP contribution in [0.1, 0.15) is 17.1 Å². The van der Waals surface area contributed by atoms with E-state index < -0.39 is 0 Å². The summed E-state index contributed by atoms with van der Waals surface area (Å²) in [6.07, 6.45) is 0.118. The predicted molar refractivity (Wildman–Crippen MR) is 122 cm³/mol. The van der Waals surface area contributed by atoms with Gasteiger partial charge in [0, 0.05) is 29.9 Å². The number of aryl methyl sites for hydroxylation is 2. The summed E-state index contributed by atoms with van der Waals surface area (Å²) in [4.78, 5) is 33.3. The van der Waals surface area contributed by atoms with Crippen molar-refractivity contribution in [3.05, 3.63) is 69.0 Å². The number of thiazole rings is 1. The molecule has 1 aliphatic rings. The van der Waals surface area contributed by atoms with Crippen molar-refractivity contribution in [1.82, 2.24) is 24.1 Å². The lowest BCUT2D eigenvalue weighted by molar-refractivity contribution is -0.134. The van der Waals surface area contributed by atoms with Gasteiger partial charge >= 0.3 is 0 Å². The normalized spacial score (nSPS) is 14.2. The summed E-state index contributed by atoms with van der Waals surface area (Å²) in [6, 6.07) is 7.81. The molecule has 170 valence electrons. The Kier molecular flexibility index (Phi) is 5.55. The number of ether oxygens (including phenoxy) is 1. The van der Waals surface area contributed by atoms with Crippen LogP contribution in [-0.2, 0) is 16.0 Å². The third-order valence-corrected chi connectivity index (χ3v) is 6.61. The number of amides is 1. The lowest BCUT2D eigenvalue weighted by Gasteiger charge is -2.26. The standard InChI is InChI=1S/C23H22FN5O3S/c1-14-11-19(26-29(14)17-5-3-16(24)4-6-17)21-15(2)25-23-28(22(21)31)18(13-33-23)12-20(30)27-7-9-32-10-8-27/h3-6,11,13H,7-10,12H2,1-2H3. The molecule has 4 aromatic rings. The number of aromatic nitrogens is 4. The van der Waals surface area contributed by atoms with E-state index in [1.807, 2.05) is 18.4 Å². The van der Waals surface area contributed by atoms with Crippen molar-refractivity contribution >= 4 is 22.2 Å². The van der Waals surface area contributed by atoms with Gasteiger partial charge in [-0.3, -0.25) is 14.0 Å². The summed E-state index contributed by atoms with van der Waals surface area (Å²) in [5.74, 6) is -0.368. The zero-order valence-electron chi connectivity index (χ0n) is 18.2. The Morgan fingerprint density at radius 1 is 1.18 bits per heavy atom. The Morgan fingerprint density at radius 3 is 2.64 bits per heavy atom. The van der Waals surface area contributed by atoms with Crippen LogP contribution in [0.2, 0.25) is 0 Å². The van der Waals surface area contributed by atoms with Gasteiger partial charge in [0.05, 0.1) is 36.6 Å². The number of morpholine rings is 1. The second-order valence-electron chi connectivity index (χ2n) is 7.95. The van der Waals surface area contributed by atoms with Crippen LogP contribution in [0.25, 0.3) is 21.9 Å². The zero-order chi connectivity index (χ0) is 23.1. The summed E-state index contributed by atoms with van der Waals surface area (Å²) in [5.41, 5.74) is 3.28. The Hall–Kier alpha value is -3.37. The second-order valence-corrected chi connectivity index (χ2v) is 8.79. The quantitative estimate of drug-likeness (QED) is 0.461. The van der Waals surface area contributed by atoms with Gasteiger partial charge in [0.15, 0.2) is 4.96 Å². The Bertz CT molecular complexity index is 1400. The van der Waals surface area contributed by atoms with Crippen molar-refractivity contribution in [1.29, 1.82) is 0 Å². The summed E-state index contributed by atoms with van der Waals surface area (Å²) >= 11 is 1.34. The van der Waals surface area contributed by atoms with E-state index >= 15 is 0 Å². The molecule has 0 aliphatic carbocycles. The van der Waals surface area contributed by atoms with Crippen LogP contribution in [0.5, 0.6) is 0 Å². The highest BCUT2D eigenvalue weighted by molar-refractivity contribution is 7.15. The molecule has 0 N–H and O–H groups in total. The Labute approximate surface area is 192 Å². The van der Waals surface area contributed by atoms with Gasteiger partial charge in [-0.2, -0.15) is 5.10 Å². The van der Waals surface area contributed by atoms with Crippen molar-refractivity contribution < 1.29 is 13.9 Å². The van der Waals surface area contributed by atoms with Gasteiger partial charge in [0.1, 0.15) is 11.5 Å². The van der Waals surface area contributed by atoms with E-state index in [0.29, 0.717) is 59.6 Å². The minimum Gasteiger partial charge on any atom is -0.378 e. The van der Waals surface area contributed by atoms with Crippen molar-refractivity contribution in [2.24, 2.45) is 0 Å². The molecule has 0 unspecified atom stereocenters. The van der Waals surface area contributed by atoms with E-state index in [9.17, 15) is 14.0 Å². The van der Waals surface area contributed by atoms with Gasteiger partial charge in [-0.05, 0) is 44.2 Å². The zero-order valence-corrected chi connectivity index (χ0v) is 19.1. The maximum Gasteiger partial charge on any atom is 0.268 e. The van der Waals surface area contributed by atoms with Crippen LogP contribution in [-0.4, -0.2) is 56.3 Å². The van der Waals surface area contributed by atoms with Gasteiger partial charge < -0.3 is 9.64 Å². The number of benzene rings is 1. The summed E-state index contributed by atoms with van der Waals surface area (Å²) < 4.78 is 21.8. The fraction of sp³-hybridized carbons (Fsp3) is 0.304. The van der Waals surface area contributed by atoms with Gasteiger partial charge in [0.25, 0.3) is 5.56 Å². The number of hydrogen-bond acceptors (Lipinski definition) is 6. The van der Waals surface area contributed by atoms with Gasteiger partial charge in [0.2, 0.25) is 5.91 Å². The van der Waals surface area contributed by atoms with E-state index in [-0.39, 0.29) is 23.7 Å². The fourth-order valence-electron chi connectivity index (χ4n) is 4.04. The molecule has 10 heteroatoms. The predicted octanol–water partition coefficient (Wildman–Crippen LogP) is 2.77. The number of halogens is 1. The highest BCUT2D eigenvalue weighted by Gasteiger charge is 2.22. The number of hydrogen-bond donors (Lipinski definition) is 0. The summed E-state index contributed by atoms with van der Waals surface area (Å²) in [6.45, 7) is 5.81. The van der Waals surface area contributed by atoms with Crippen LogP contribution in [0.15, 0.2) is 40.5 Å². The van der Waals surface area contributed by atoms with Gasteiger partial charge in [-0.1, -0.05) is 0 Å². The molecule has 1 fully saturated rings. The number of carbonyl (C=O) groups excluding carboxylic acids is 1.